The smallest absolute Gasteiger partial charge is 0.287 e. The highest BCUT2D eigenvalue weighted by molar-refractivity contribution is 6.30. The van der Waals surface area contributed by atoms with Gasteiger partial charge in [-0.25, -0.2) is 0 Å². The van der Waals surface area contributed by atoms with Crippen LogP contribution in [0.5, 0.6) is 0 Å². The predicted octanol–water partition coefficient (Wildman–Crippen LogP) is 4.04. The van der Waals surface area contributed by atoms with Gasteiger partial charge in [0, 0.05) is 23.0 Å². The molecule has 0 radical (unpaired) electrons. The first kappa shape index (κ1) is 17.9. The number of benzene rings is 1. The summed E-state index contributed by atoms with van der Waals surface area (Å²) >= 11 is 11.6. The van der Waals surface area contributed by atoms with Crippen LogP contribution in [0.2, 0.25) is 10.2 Å². The van der Waals surface area contributed by atoms with Gasteiger partial charge >= 0.3 is 0 Å². The molecule has 1 aromatic heterocycles. The molecule has 1 aliphatic rings. The first-order valence-electron chi connectivity index (χ1n) is 8.01. The molecule has 0 saturated heterocycles. The van der Waals surface area contributed by atoms with Gasteiger partial charge in [-0.1, -0.05) is 29.5 Å². The van der Waals surface area contributed by atoms with Gasteiger partial charge in [-0.2, -0.15) is 0 Å². The maximum atomic E-state index is 12.2. The standard InChI is InChI=1S/C19H17Cl2NO3/c20-14-4-1-3-13(11-14)8-10-19(24)9-2-5-15(12-19)22-18(23)16-6-7-17(21)25-16/h1,3-4,6-7,11,15,24H,2,5,9,12H2,(H,22,23)/t15-,19?/m0/s1. The third kappa shape index (κ3) is 4.79. The number of carbonyl (C=O) groups is 1. The summed E-state index contributed by atoms with van der Waals surface area (Å²) in [4.78, 5) is 12.2. The lowest BCUT2D eigenvalue weighted by molar-refractivity contribution is 0.0448. The van der Waals surface area contributed by atoms with Gasteiger partial charge in [-0.3, -0.25) is 4.79 Å². The molecule has 0 spiro atoms. The van der Waals surface area contributed by atoms with Crippen LogP contribution in [0.3, 0.4) is 0 Å². The van der Waals surface area contributed by atoms with Crippen molar-refractivity contribution in [1.29, 1.82) is 0 Å². The van der Waals surface area contributed by atoms with Crippen molar-refractivity contribution in [2.45, 2.75) is 37.3 Å². The van der Waals surface area contributed by atoms with E-state index in [1.54, 1.807) is 12.1 Å². The quantitative estimate of drug-likeness (QED) is 0.776. The summed E-state index contributed by atoms with van der Waals surface area (Å²) in [7, 11) is 0. The van der Waals surface area contributed by atoms with Gasteiger partial charge < -0.3 is 14.8 Å². The number of carbonyl (C=O) groups excluding carboxylic acids is 1. The maximum Gasteiger partial charge on any atom is 0.287 e. The largest absolute Gasteiger partial charge is 0.440 e. The van der Waals surface area contributed by atoms with Gasteiger partial charge in [0.15, 0.2) is 11.0 Å². The zero-order valence-corrected chi connectivity index (χ0v) is 14.9. The molecule has 1 heterocycles. The summed E-state index contributed by atoms with van der Waals surface area (Å²) in [6.45, 7) is 0. The molecular formula is C19H17Cl2NO3. The Morgan fingerprint density at radius 2 is 2.16 bits per heavy atom. The Hall–Kier alpha value is -1.93. The van der Waals surface area contributed by atoms with Crippen LogP contribution in [0.1, 0.15) is 41.8 Å². The maximum absolute atomic E-state index is 12.2. The van der Waals surface area contributed by atoms with Crippen LogP contribution >= 0.6 is 23.2 Å². The second-order valence-corrected chi connectivity index (χ2v) is 6.97. The summed E-state index contributed by atoms with van der Waals surface area (Å²) < 4.78 is 5.11. The van der Waals surface area contributed by atoms with E-state index >= 15 is 0 Å². The fourth-order valence-corrected chi connectivity index (χ4v) is 3.27. The number of hydrogen-bond donors (Lipinski definition) is 2. The number of amides is 1. The van der Waals surface area contributed by atoms with E-state index in [4.69, 9.17) is 27.6 Å². The Morgan fingerprint density at radius 3 is 2.88 bits per heavy atom. The van der Waals surface area contributed by atoms with Gasteiger partial charge in [0.05, 0.1) is 0 Å². The van der Waals surface area contributed by atoms with Gasteiger partial charge in [-0.15, -0.1) is 0 Å². The lowest BCUT2D eigenvalue weighted by Gasteiger charge is -2.33. The Morgan fingerprint density at radius 1 is 1.32 bits per heavy atom. The first-order chi connectivity index (χ1) is 11.9. The summed E-state index contributed by atoms with van der Waals surface area (Å²) in [5, 5.41) is 14.4. The minimum absolute atomic E-state index is 0.157. The molecule has 4 nitrogen and oxygen atoms in total. The summed E-state index contributed by atoms with van der Waals surface area (Å²) in [6.07, 6.45) is 2.48. The molecule has 6 heteroatoms. The number of nitrogens with one attached hydrogen (secondary N) is 1. The van der Waals surface area contributed by atoms with E-state index in [2.05, 4.69) is 17.2 Å². The van der Waals surface area contributed by atoms with Crippen molar-refractivity contribution in [3.63, 3.8) is 0 Å². The SMILES string of the molecule is O=C(N[C@H]1CCCC(O)(C#Cc2cccc(Cl)c2)C1)c1ccc(Cl)o1. The Balaban J connectivity index is 1.67. The molecule has 1 unspecified atom stereocenters. The number of hydrogen-bond acceptors (Lipinski definition) is 3. The van der Waals surface area contributed by atoms with Crippen LogP contribution < -0.4 is 5.32 Å². The molecule has 0 aliphatic heterocycles. The fraction of sp³-hybridized carbons (Fsp3) is 0.316. The molecule has 25 heavy (non-hydrogen) atoms. The predicted molar refractivity (Wildman–Crippen MR) is 96.7 cm³/mol. The van der Waals surface area contributed by atoms with E-state index in [1.807, 2.05) is 12.1 Å². The Labute approximate surface area is 156 Å². The lowest BCUT2D eigenvalue weighted by Crippen LogP contribution is -2.45. The molecule has 1 saturated carbocycles. The van der Waals surface area contributed by atoms with E-state index < -0.39 is 5.60 Å². The number of rotatable bonds is 2. The summed E-state index contributed by atoms with van der Waals surface area (Å²) in [5.41, 5.74) is -0.392. The molecular weight excluding hydrogens is 361 g/mol. The van der Waals surface area contributed by atoms with Crippen molar-refractivity contribution in [2.24, 2.45) is 0 Å². The first-order valence-corrected chi connectivity index (χ1v) is 8.76. The van der Waals surface area contributed by atoms with Crippen molar-refractivity contribution in [2.75, 3.05) is 0 Å². The normalized spacial score (nSPS) is 22.8. The molecule has 2 atom stereocenters. The van der Waals surface area contributed by atoms with E-state index in [1.165, 1.54) is 12.1 Å². The number of halogens is 2. The number of aliphatic hydroxyl groups is 1. The molecule has 3 rings (SSSR count). The minimum atomic E-state index is -1.14. The number of furan rings is 1. The molecule has 2 N–H and O–H groups in total. The monoisotopic (exact) mass is 377 g/mol. The highest BCUT2D eigenvalue weighted by Crippen LogP contribution is 2.28. The van der Waals surface area contributed by atoms with Gasteiger partial charge in [-0.05, 0) is 61.2 Å². The summed E-state index contributed by atoms with van der Waals surface area (Å²) in [6, 6.07) is 10.0. The molecule has 1 amide bonds. The van der Waals surface area contributed by atoms with Crippen molar-refractivity contribution < 1.29 is 14.3 Å². The van der Waals surface area contributed by atoms with Crippen LogP contribution in [0.25, 0.3) is 0 Å². The summed E-state index contributed by atoms with van der Waals surface area (Å²) in [5.74, 6) is 5.72. The second-order valence-electron chi connectivity index (χ2n) is 6.16. The van der Waals surface area contributed by atoms with Gasteiger partial charge in [0.25, 0.3) is 5.91 Å². The van der Waals surface area contributed by atoms with Crippen LogP contribution in [-0.4, -0.2) is 22.7 Å². The van der Waals surface area contributed by atoms with Crippen molar-refractivity contribution in [3.8, 4) is 11.8 Å². The molecule has 130 valence electrons. The van der Waals surface area contributed by atoms with E-state index in [0.717, 1.165) is 18.4 Å². The van der Waals surface area contributed by atoms with Crippen molar-refractivity contribution >= 4 is 29.1 Å². The third-order valence-electron chi connectivity index (χ3n) is 4.12. The highest BCUT2D eigenvalue weighted by atomic mass is 35.5. The minimum Gasteiger partial charge on any atom is -0.440 e. The zero-order valence-electron chi connectivity index (χ0n) is 13.4. The van der Waals surface area contributed by atoms with E-state index in [-0.39, 0.29) is 22.9 Å². The fourth-order valence-electron chi connectivity index (χ4n) is 2.94. The van der Waals surface area contributed by atoms with Crippen LogP contribution in [0.15, 0.2) is 40.8 Å². The van der Waals surface area contributed by atoms with Crippen molar-refractivity contribution in [3.05, 3.63) is 58.0 Å². The average molecular weight is 378 g/mol. The van der Waals surface area contributed by atoms with Crippen LogP contribution in [-0.2, 0) is 0 Å². The van der Waals surface area contributed by atoms with Crippen LogP contribution in [0.4, 0.5) is 0 Å². The van der Waals surface area contributed by atoms with Gasteiger partial charge in [0.1, 0.15) is 5.60 Å². The molecule has 1 aromatic carbocycles. The van der Waals surface area contributed by atoms with Gasteiger partial charge in [0.2, 0.25) is 0 Å². The third-order valence-corrected chi connectivity index (χ3v) is 4.56. The van der Waals surface area contributed by atoms with E-state index in [9.17, 15) is 9.90 Å². The molecule has 1 fully saturated rings. The molecule has 2 aromatic rings. The Kier molecular flexibility index (Phi) is 5.39. The van der Waals surface area contributed by atoms with Crippen molar-refractivity contribution in [1.82, 2.24) is 5.32 Å². The molecule has 1 aliphatic carbocycles. The highest BCUT2D eigenvalue weighted by Gasteiger charge is 2.34. The second kappa shape index (κ2) is 7.53. The molecule has 0 bridgehead atoms. The van der Waals surface area contributed by atoms with Crippen LogP contribution in [0, 0.1) is 11.8 Å². The topological polar surface area (TPSA) is 62.5 Å². The zero-order chi connectivity index (χ0) is 17.9. The van der Waals surface area contributed by atoms with E-state index in [0.29, 0.717) is 17.9 Å². The average Bonchev–Trinajstić information content (AvgIpc) is 3.00. The lowest BCUT2D eigenvalue weighted by atomic mass is 9.82. The Bertz CT molecular complexity index is 836.